The highest BCUT2D eigenvalue weighted by Gasteiger charge is 2.62. The zero-order chi connectivity index (χ0) is 18.0. The number of carbonyl (C=O) groups is 1. The number of fused-ring (bicyclic) bond motifs is 5. The van der Waals surface area contributed by atoms with Gasteiger partial charge in [-0.15, -0.1) is 0 Å². The number of aliphatic hydroxyl groups is 2. The molecule has 0 aliphatic heterocycles. The van der Waals surface area contributed by atoms with E-state index in [4.69, 9.17) is 4.74 Å². The van der Waals surface area contributed by atoms with Gasteiger partial charge in [0.05, 0.1) is 12.2 Å². The lowest BCUT2D eigenvalue weighted by Crippen LogP contribution is -2.58. The topological polar surface area (TPSA) is 66.8 Å². The first-order valence-electron chi connectivity index (χ1n) is 10.3. The molecule has 0 radical (unpaired) electrons. The Bertz CT molecular complexity index is 548. The molecule has 0 aromatic heterocycles. The monoisotopic (exact) mass is 350 g/mol. The van der Waals surface area contributed by atoms with E-state index >= 15 is 0 Å². The summed E-state index contributed by atoms with van der Waals surface area (Å²) in [5.74, 6) is 1.81. The highest BCUT2D eigenvalue weighted by atomic mass is 16.5. The van der Waals surface area contributed by atoms with Gasteiger partial charge < -0.3 is 14.9 Å². The Balaban J connectivity index is 1.61. The lowest BCUT2D eigenvalue weighted by Gasteiger charge is -2.61. The van der Waals surface area contributed by atoms with Gasteiger partial charge in [-0.05, 0) is 80.5 Å². The van der Waals surface area contributed by atoms with Crippen molar-refractivity contribution in [3.8, 4) is 0 Å². The molecule has 0 spiro atoms. The van der Waals surface area contributed by atoms with Crippen LogP contribution in [0, 0.1) is 34.5 Å². The Morgan fingerprint density at radius 2 is 1.60 bits per heavy atom. The third kappa shape index (κ3) is 2.58. The first kappa shape index (κ1) is 17.8. The normalized spacial score (nSPS) is 55.0. The molecule has 4 rings (SSSR count). The van der Waals surface area contributed by atoms with Gasteiger partial charge in [0.15, 0.2) is 0 Å². The van der Waals surface area contributed by atoms with Crippen molar-refractivity contribution in [1.29, 1.82) is 0 Å². The largest absolute Gasteiger partial charge is 0.462 e. The highest BCUT2D eigenvalue weighted by Crippen LogP contribution is 2.66. The minimum Gasteiger partial charge on any atom is -0.462 e. The molecule has 9 unspecified atom stereocenters. The van der Waals surface area contributed by atoms with Crippen molar-refractivity contribution in [2.45, 2.75) is 90.4 Å². The molecule has 4 saturated carbocycles. The van der Waals surface area contributed by atoms with Crippen LogP contribution in [0.1, 0.15) is 72.1 Å². The van der Waals surface area contributed by atoms with Gasteiger partial charge in [-0.1, -0.05) is 13.8 Å². The van der Waals surface area contributed by atoms with Crippen molar-refractivity contribution >= 4 is 5.97 Å². The molecule has 9 atom stereocenters. The number of hydrogen-bond acceptors (Lipinski definition) is 4. The number of hydrogen-bond donors (Lipinski definition) is 2. The van der Waals surface area contributed by atoms with E-state index in [-0.39, 0.29) is 41.0 Å². The summed E-state index contributed by atoms with van der Waals surface area (Å²) in [7, 11) is 0. The predicted molar refractivity (Wildman–Crippen MR) is 94.7 cm³/mol. The van der Waals surface area contributed by atoms with Gasteiger partial charge in [-0.3, -0.25) is 4.79 Å². The molecule has 4 aliphatic carbocycles. The molecule has 4 fully saturated rings. The van der Waals surface area contributed by atoms with Crippen molar-refractivity contribution in [3.63, 3.8) is 0 Å². The molecular weight excluding hydrogens is 316 g/mol. The van der Waals surface area contributed by atoms with Crippen LogP contribution in [0.25, 0.3) is 0 Å². The number of esters is 1. The second-order valence-electron chi connectivity index (χ2n) is 9.94. The summed E-state index contributed by atoms with van der Waals surface area (Å²) in [4.78, 5) is 11.5. The van der Waals surface area contributed by atoms with Crippen LogP contribution in [0.15, 0.2) is 0 Å². The van der Waals surface area contributed by atoms with Crippen molar-refractivity contribution in [3.05, 3.63) is 0 Å². The first-order chi connectivity index (χ1) is 11.8. The molecule has 142 valence electrons. The fourth-order valence-corrected chi connectivity index (χ4v) is 7.62. The molecule has 4 heteroatoms. The maximum absolute atomic E-state index is 11.5. The summed E-state index contributed by atoms with van der Waals surface area (Å²) in [5, 5.41) is 21.1. The van der Waals surface area contributed by atoms with Crippen molar-refractivity contribution in [2.75, 3.05) is 0 Å². The maximum atomic E-state index is 11.5. The van der Waals surface area contributed by atoms with Crippen LogP contribution in [0.5, 0.6) is 0 Å². The van der Waals surface area contributed by atoms with Crippen molar-refractivity contribution in [2.24, 2.45) is 34.5 Å². The summed E-state index contributed by atoms with van der Waals surface area (Å²) in [6, 6.07) is 0. The van der Waals surface area contributed by atoms with E-state index in [0.717, 1.165) is 44.9 Å². The van der Waals surface area contributed by atoms with Crippen LogP contribution in [0.4, 0.5) is 0 Å². The Labute approximate surface area is 151 Å². The standard InChI is InChI=1S/C21H34O4/c1-12(22)25-19-5-4-15-14-11-18(24)17-10-13(23)6-8-20(17,2)16(14)7-9-21(15,19)3/h13-19,23-24H,4-11H2,1-3H3. The van der Waals surface area contributed by atoms with Gasteiger partial charge >= 0.3 is 5.97 Å². The van der Waals surface area contributed by atoms with Gasteiger partial charge in [0.25, 0.3) is 0 Å². The zero-order valence-corrected chi connectivity index (χ0v) is 15.9. The highest BCUT2D eigenvalue weighted by molar-refractivity contribution is 5.66. The van der Waals surface area contributed by atoms with Gasteiger partial charge in [-0.2, -0.15) is 0 Å². The summed E-state index contributed by atoms with van der Waals surface area (Å²) in [6.07, 6.45) is 7.44. The van der Waals surface area contributed by atoms with Crippen molar-refractivity contribution in [1.82, 2.24) is 0 Å². The van der Waals surface area contributed by atoms with Gasteiger partial charge in [-0.25, -0.2) is 0 Å². The van der Waals surface area contributed by atoms with Crippen LogP contribution < -0.4 is 0 Å². The Hall–Kier alpha value is -0.610. The second kappa shape index (κ2) is 5.95. The molecular formula is C21H34O4. The first-order valence-corrected chi connectivity index (χ1v) is 10.3. The molecule has 0 amide bonds. The van der Waals surface area contributed by atoms with E-state index in [1.807, 2.05) is 0 Å². The molecule has 0 aromatic carbocycles. The Morgan fingerprint density at radius 1 is 0.920 bits per heavy atom. The van der Waals surface area contributed by atoms with Crippen LogP contribution in [0.3, 0.4) is 0 Å². The fourth-order valence-electron chi connectivity index (χ4n) is 7.62. The van der Waals surface area contributed by atoms with Gasteiger partial charge in [0.2, 0.25) is 0 Å². The quantitative estimate of drug-likeness (QED) is 0.712. The minimum atomic E-state index is -0.295. The Kier molecular flexibility index (Phi) is 4.23. The van der Waals surface area contributed by atoms with Gasteiger partial charge in [0, 0.05) is 12.3 Å². The molecule has 0 aromatic rings. The van der Waals surface area contributed by atoms with E-state index < -0.39 is 0 Å². The average molecular weight is 350 g/mol. The minimum absolute atomic E-state index is 0.0480. The zero-order valence-electron chi connectivity index (χ0n) is 15.9. The summed E-state index contributed by atoms with van der Waals surface area (Å²) in [5.41, 5.74) is 0.229. The average Bonchev–Trinajstić information content (AvgIpc) is 2.86. The molecule has 0 bridgehead atoms. The van der Waals surface area contributed by atoms with Crippen LogP contribution in [-0.2, 0) is 9.53 Å². The number of rotatable bonds is 1. The fraction of sp³-hybridized carbons (Fsp3) is 0.952. The molecule has 4 aliphatic rings. The van der Waals surface area contributed by atoms with Crippen LogP contribution in [0.2, 0.25) is 0 Å². The second-order valence-corrected chi connectivity index (χ2v) is 9.94. The third-order valence-corrected chi connectivity index (χ3v) is 8.87. The number of aliphatic hydroxyl groups excluding tert-OH is 2. The van der Waals surface area contributed by atoms with Crippen LogP contribution >= 0.6 is 0 Å². The summed E-state index contributed by atoms with van der Waals surface area (Å²) < 4.78 is 5.70. The SMILES string of the molecule is CC(=O)OC1CCC2C3CC(O)C4CC(O)CCC4(C)C3CCC12C. The molecule has 2 N–H and O–H groups in total. The number of carbonyl (C=O) groups excluding carboxylic acids is 1. The smallest absolute Gasteiger partial charge is 0.302 e. The molecule has 25 heavy (non-hydrogen) atoms. The number of ether oxygens (including phenoxy) is 1. The summed E-state index contributed by atoms with van der Waals surface area (Å²) >= 11 is 0. The summed E-state index contributed by atoms with van der Waals surface area (Å²) in [6.45, 7) is 6.22. The van der Waals surface area contributed by atoms with E-state index in [0.29, 0.717) is 17.8 Å². The third-order valence-electron chi connectivity index (χ3n) is 8.87. The van der Waals surface area contributed by atoms with E-state index in [1.54, 1.807) is 0 Å². The molecule has 0 saturated heterocycles. The van der Waals surface area contributed by atoms with E-state index in [9.17, 15) is 15.0 Å². The van der Waals surface area contributed by atoms with Crippen molar-refractivity contribution < 1.29 is 19.7 Å². The predicted octanol–water partition coefficient (Wildman–Crippen LogP) is 3.29. The van der Waals surface area contributed by atoms with Gasteiger partial charge in [0.1, 0.15) is 6.10 Å². The Morgan fingerprint density at radius 3 is 2.32 bits per heavy atom. The molecule has 0 heterocycles. The van der Waals surface area contributed by atoms with E-state index in [2.05, 4.69) is 13.8 Å². The lowest BCUT2D eigenvalue weighted by molar-refractivity contribution is -0.181. The molecule has 4 nitrogen and oxygen atoms in total. The van der Waals surface area contributed by atoms with E-state index in [1.165, 1.54) is 13.3 Å². The van der Waals surface area contributed by atoms with Crippen LogP contribution in [-0.4, -0.2) is 34.5 Å². The maximum Gasteiger partial charge on any atom is 0.302 e. The lowest BCUT2D eigenvalue weighted by atomic mass is 9.44.